The van der Waals surface area contributed by atoms with Crippen LogP contribution in [0.3, 0.4) is 0 Å². The van der Waals surface area contributed by atoms with Crippen molar-refractivity contribution >= 4 is 39.4 Å². The summed E-state index contributed by atoms with van der Waals surface area (Å²) >= 11 is 9.16. The molecular formula is C12H12BrClN4O2. The Kier molecular flexibility index (Phi) is 4.61. The lowest BCUT2D eigenvalue weighted by Gasteiger charge is -2.07. The number of nitrogens with one attached hydrogen (secondary N) is 1. The molecule has 0 saturated carbocycles. The zero-order chi connectivity index (χ0) is 14.7. The first kappa shape index (κ1) is 14.8. The molecule has 0 fully saturated rings. The molecule has 2 heterocycles. The van der Waals surface area contributed by atoms with Gasteiger partial charge in [-0.25, -0.2) is 4.98 Å². The molecule has 0 aromatic carbocycles. The number of nitrogens with zero attached hydrogens (tertiary/aromatic N) is 3. The Morgan fingerprint density at radius 3 is 2.90 bits per heavy atom. The number of amides is 1. The molecule has 0 bridgehead atoms. The number of aromatic nitrogens is 3. The van der Waals surface area contributed by atoms with Crippen molar-refractivity contribution in [1.29, 1.82) is 0 Å². The van der Waals surface area contributed by atoms with Crippen molar-refractivity contribution in [2.24, 2.45) is 0 Å². The molecule has 0 aliphatic rings. The van der Waals surface area contributed by atoms with Crippen molar-refractivity contribution in [3.05, 3.63) is 33.6 Å². The molecule has 6 nitrogen and oxygen atoms in total. The fraction of sp³-hybridized carbons (Fsp3) is 0.250. The van der Waals surface area contributed by atoms with Crippen LogP contribution < -0.4 is 10.1 Å². The molecule has 0 aliphatic heterocycles. The van der Waals surface area contributed by atoms with Crippen LogP contribution in [0.15, 0.2) is 22.8 Å². The van der Waals surface area contributed by atoms with E-state index in [1.54, 1.807) is 10.6 Å². The Bertz CT molecular complexity index is 644. The first-order chi connectivity index (χ1) is 9.53. The van der Waals surface area contributed by atoms with E-state index in [9.17, 15) is 4.79 Å². The van der Waals surface area contributed by atoms with Crippen molar-refractivity contribution in [2.45, 2.75) is 13.5 Å². The van der Waals surface area contributed by atoms with Crippen molar-refractivity contribution in [2.75, 3.05) is 12.4 Å². The van der Waals surface area contributed by atoms with Gasteiger partial charge >= 0.3 is 0 Å². The quantitative estimate of drug-likeness (QED) is 0.852. The molecule has 1 amide bonds. The molecule has 0 unspecified atom stereocenters. The van der Waals surface area contributed by atoms with Crippen LogP contribution in [-0.2, 0) is 6.54 Å². The summed E-state index contributed by atoms with van der Waals surface area (Å²) in [5.74, 6) is 0.0635. The van der Waals surface area contributed by atoms with Gasteiger partial charge in [0.2, 0.25) is 11.8 Å². The molecule has 8 heteroatoms. The van der Waals surface area contributed by atoms with E-state index in [2.05, 4.69) is 31.2 Å². The van der Waals surface area contributed by atoms with Gasteiger partial charge in [0.05, 0.1) is 7.11 Å². The second kappa shape index (κ2) is 6.23. The summed E-state index contributed by atoms with van der Waals surface area (Å²) in [6, 6.07) is 3.18. The number of anilines is 1. The largest absolute Gasteiger partial charge is 0.481 e. The minimum absolute atomic E-state index is 0.0966. The number of hydrogen-bond acceptors (Lipinski definition) is 4. The number of methoxy groups -OCH3 is 1. The molecule has 2 aromatic rings. The van der Waals surface area contributed by atoms with Gasteiger partial charge in [0.15, 0.2) is 0 Å². The Hall–Kier alpha value is -1.60. The smallest absolute Gasteiger partial charge is 0.274 e. The molecule has 0 atom stereocenters. The molecule has 0 saturated heterocycles. The van der Waals surface area contributed by atoms with Gasteiger partial charge in [-0.3, -0.25) is 10.1 Å². The maximum Gasteiger partial charge on any atom is 0.274 e. The van der Waals surface area contributed by atoms with Gasteiger partial charge in [0.25, 0.3) is 5.91 Å². The van der Waals surface area contributed by atoms with Crippen molar-refractivity contribution in [3.63, 3.8) is 0 Å². The number of ether oxygens (including phenoxy) is 1. The topological polar surface area (TPSA) is 69.0 Å². The first-order valence-corrected chi connectivity index (χ1v) is 6.96. The van der Waals surface area contributed by atoms with Crippen molar-refractivity contribution in [3.8, 4) is 5.88 Å². The Morgan fingerprint density at radius 1 is 1.50 bits per heavy atom. The van der Waals surface area contributed by atoms with E-state index < -0.39 is 0 Å². The third-order valence-corrected chi connectivity index (χ3v) is 3.17. The zero-order valence-corrected chi connectivity index (χ0v) is 13.2. The third-order valence-electron chi connectivity index (χ3n) is 2.54. The third kappa shape index (κ3) is 3.29. The lowest BCUT2D eigenvalue weighted by Crippen LogP contribution is -2.18. The van der Waals surface area contributed by atoms with Crippen LogP contribution >= 0.6 is 27.5 Å². The summed E-state index contributed by atoms with van der Waals surface area (Å²) in [6.07, 6.45) is 1.83. The van der Waals surface area contributed by atoms with Gasteiger partial charge in [-0.1, -0.05) is 11.6 Å². The number of rotatable bonds is 4. The highest BCUT2D eigenvalue weighted by Crippen LogP contribution is 2.18. The second-order valence-electron chi connectivity index (χ2n) is 3.84. The van der Waals surface area contributed by atoms with Gasteiger partial charge in [-0.15, -0.1) is 0 Å². The van der Waals surface area contributed by atoms with Gasteiger partial charge in [-0.05, 0) is 28.9 Å². The summed E-state index contributed by atoms with van der Waals surface area (Å²) in [6.45, 7) is 2.62. The average molecular weight is 360 g/mol. The fourth-order valence-corrected chi connectivity index (χ4v) is 2.29. The van der Waals surface area contributed by atoms with Crippen LogP contribution in [0, 0.1) is 0 Å². The maximum atomic E-state index is 12.2. The number of carbonyl (C=O) groups excluding carboxylic acids is 1. The summed E-state index contributed by atoms with van der Waals surface area (Å²) in [7, 11) is 1.46. The Labute approximate surface area is 129 Å². The number of halogens is 2. The molecule has 0 spiro atoms. The normalized spacial score (nSPS) is 10.4. The Balaban J connectivity index is 2.25. The van der Waals surface area contributed by atoms with E-state index in [-0.39, 0.29) is 22.9 Å². The van der Waals surface area contributed by atoms with Crippen LogP contribution in [0.25, 0.3) is 0 Å². The van der Waals surface area contributed by atoms with E-state index in [0.29, 0.717) is 12.2 Å². The molecular weight excluding hydrogens is 348 g/mol. The fourth-order valence-electron chi connectivity index (χ4n) is 1.65. The Morgan fingerprint density at radius 2 is 2.25 bits per heavy atom. The van der Waals surface area contributed by atoms with Crippen molar-refractivity contribution < 1.29 is 9.53 Å². The minimum Gasteiger partial charge on any atom is -0.481 e. The standard InChI is InChI=1S/C12H12BrClN4O2/c1-3-18-6-7(13)4-8(18)11(19)17-12-15-9(14)5-10(16-12)20-2/h4-6H,3H2,1-2H3,(H,15,16,17,19). The molecule has 0 aliphatic carbocycles. The minimum atomic E-state index is -0.318. The van der Waals surface area contributed by atoms with E-state index in [0.717, 1.165) is 4.47 Å². The van der Waals surface area contributed by atoms with Gasteiger partial charge in [-0.2, -0.15) is 4.98 Å². The number of carbonyl (C=O) groups is 1. The van der Waals surface area contributed by atoms with Crippen LogP contribution in [-0.4, -0.2) is 27.6 Å². The predicted octanol–water partition coefficient (Wildman–Crippen LogP) is 2.97. The lowest BCUT2D eigenvalue weighted by atomic mass is 10.4. The predicted molar refractivity (Wildman–Crippen MR) is 79.4 cm³/mol. The summed E-state index contributed by atoms with van der Waals surface area (Å²) < 4.78 is 7.61. The van der Waals surface area contributed by atoms with E-state index in [1.807, 2.05) is 13.1 Å². The number of hydrogen-bond donors (Lipinski definition) is 1. The first-order valence-electron chi connectivity index (χ1n) is 5.79. The molecule has 0 radical (unpaired) electrons. The highest BCUT2D eigenvalue weighted by molar-refractivity contribution is 9.10. The summed E-state index contributed by atoms with van der Waals surface area (Å²) in [5.41, 5.74) is 0.502. The summed E-state index contributed by atoms with van der Waals surface area (Å²) in [5, 5.41) is 2.79. The van der Waals surface area contributed by atoms with Crippen molar-refractivity contribution in [1.82, 2.24) is 14.5 Å². The molecule has 20 heavy (non-hydrogen) atoms. The SMILES string of the molecule is CCn1cc(Br)cc1C(=O)Nc1nc(Cl)cc(OC)n1. The zero-order valence-electron chi connectivity index (χ0n) is 10.9. The second-order valence-corrected chi connectivity index (χ2v) is 5.14. The van der Waals surface area contributed by atoms with Crippen LogP contribution in [0.4, 0.5) is 5.95 Å². The number of aryl methyl sites for hydroxylation is 1. The van der Waals surface area contributed by atoms with E-state index >= 15 is 0 Å². The monoisotopic (exact) mass is 358 g/mol. The molecule has 2 aromatic heterocycles. The highest BCUT2D eigenvalue weighted by Gasteiger charge is 2.14. The molecule has 2 rings (SSSR count). The van der Waals surface area contributed by atoms with E-state index in [1.165, 1.54) is 13.2 Å². The highest BCUT2D eigenvalue weighted by atomic mass is 79.9. The molecule has 1 N–H and O–H groups in total. The average Bonchev–Trinajstić information content (AvgIpc) is 2.79. The van der Waals surface area contributed by atoms with Gasteiger partial charge in [0.1, 0.15) is 10.8 Å². The lowest BCUT2D eigenvalue weighted by molar-refractivity contribution is 0.101. The summed E-state index contributed by atoms with van der Waals surface area (Å²) in [4.78, 5) is 20.1. The van der Waals surface area contributed by atoms with Crippen LogP contribution in [0.5, 0.6) is 5.88 Å². The van der Waals surface area contributed by atoms with Gasteiger partial charge < -0.3 is 9.30 Å². The molecule has 106 valence electrons. The van der Waals surface area contributed by atoms with Crippen LogP contribution in [0.2, 0.25) is 5.15 Å². The van der Waals surface area contributed by atoms with Crippen LogP contribution in [0.1, 0.15) is 17.4 Å². The van der Waals surface area contributed by atoms with E-state index in [4.69, 9.17) is 16.3 Å². The maximum absolute atomic E-state index is 12.2. The van der Waals surface area contributed by atoms with Gasteiger partial charge in [0, 0.05) is 23.3 Å².